The zero-order valence-corrected chi connectivity index (χ0v) is 9.36. The van der Waals surface area contributed by atoms with Gasteiger partial charge in [0, 0.05) is 18.8 Å². The lowest BCUT2D eigenvalue weighted by molar-refractivity contribution is -0.143. The summed E-state index contributed by atoms with van der Waals surface area (Å²) in [6.45, 7) is 2.82. The number of hydrogen-bond donors (Lipinski definition) is 1. The van der Waals surface area contributed by atoms with Crippen LogP contribution in [-0.4, -0.2) is 29.4 Å². The maximum absolute atomic E-state index is 11.5. The minimum atomic E-state index is -0.413. The molecule has 0 fully saturated rings. The van der Waals surface area contributed by atoms with Crippen LogP contribution in [-0.2, 0) is 16.6 Å². The minimum Gasteiger partial charge on any atom is -0.468 e. The van der Waals surface area contributed by atoms with Crippen molar-refractivity contribution in [2.75, 3.05) is 13.7 Å². The molecule has 0 saturated heterocycles. The van der Waals surface area contributed by atoms with Gasteiger partial charge < -0.3 is 10.1 Å². The summed E-state index contributed by atoms with van der Waals surface area (Å²) >= 11 is 0. The number of methoxy groups -OCH3 is 1. The first-order valence-electron chi connectivity index (χ1n) is 4.98. The first-order valence-corrected chi connectivity index (χ1v) is 4.98. The maximum Gasteiger partial charge on any atom is 0.327 e. The third-order valence-corrected chi connectivity index (χ3v) is 2.09. The monoisotopic (exact) mass is 211 g/mol. The molecule has 1 atom stereocenters. The summed E-state index contributed by atoms with van der Waals surface area (Å²) in [5.41, 5.74) is 0.831. The number of esters is 1. The fourth-order valence-corrected chi connectivity index (χ4v) is 1.33. The highest BCUT2D eigenvalue weighted by Crippen LogP contribution is 2.13. The Morgan fingerprint density at radius 1 is 1.73 bits per heavy atom. The molecule has 5 nitrogen and oxygen atoms in total. The number of nitrogens with zero attached hydrogens (tertiary/aromatic N) is 2. The smallest absolute Gasteiger partial charge is 0.327 e. The average molecular weight is 211 g/mol. The van der Waals surface area contributed by atoms with Gasteiger partial charge in [-0.1, -0.05) is 6.92 Å². The fraction of sp³-hybridized carbons (Fsp3) is 0.600. The molecule has 15 heavy (non-hydrogen) atoms. The SMILES string of the molecule is CCCN[C@H](C(=O)OC)c1cnn(C)c1. The first kappa shape index (κ1) is 11.7. The molecule has 1 aromatic heterocycles. The van der Waals surface area contributed by atoms with Crippen LogP contribution in [0.3, 0.4) is 0 Å². The van der Waals surface area contributed by atoms with E-state index in [4.69, 9.17) is 4.74 Å². The number of carbonyl (C=O) groups is 1. The lowest BCUT2D eigenvalue weighted by Gasteiger charge is -2.13. The molecule has 1 aromatic rings. The molecule has 0 saturated carbocycles. The van der Waals surface area contributed by atoms with Gasteiger partial charge in [0.05, 0.1) is 13.3 Å². The van der Waals surface area contributed by atoms with Crippen LogP contribution >= 0.6 is 0 Å². The fourth-order valence-electron chi connectivity index (χ4n) is 1.33. The van der Waals surface area contributed by atoms with Crippen LogP contribution in [0, 0.1) is 0 Å². The number of ether oxygens (including phenoxy) is 1. The van der Waals surface area contributed by atoms with Crippen LogP contribution in [0.25, 0.3) is 0 Å². The lowest BCUT2D eigenvalue weighted by atomic mass is 10.1. The second-order valence-electron chi connectivity index (χ2n) is 3.36. The van der Waals surface area contributed by atoms with Gasteiger partial charge in [0.25, 0.3) is 0 Å². The average Bonchev–Trinajstić information content (AvgIpc) is 2.65. The van der Waals surface area contributed by atoms with Gasteiger partial charge in [-0.2, -0.15) is 5.10 Å². The summed E-state index contributed by atoms with van der Waals surface area (Å²) in [4.78, 5) is 11.5. The highest BCUT2D eigenvalue weighted by molar-refractivity contribution is 5.77. The van der Waals surface area contributed by atoms with Gasteiger partial charge in [-0.05, 0) is 13.0 Å². The second-order valence-corrected chi connectivity index (χ2v) is 3.36. The van der Waals surface area contributed by atoms with Crippen molar-refractivity contribution in [3.8, 4) is 0 Å². The Morgan fingerprint density at radius 2 is 2.47 bits per heavy atom. The molecule has 1 N–H and O–H groups in total. The number of aromatic nitrogens is 2. The van der Waals surface area contributed by atoms with Crippen molar-refractivity contribution in [3.05, 3.63) is 18.0 Å². The van der Waals surface area contributed by atoms with Gasteiger partial charge in [-0.3, -0.25) is 4.68 Å². The zero-order valence-electron chi connectivity index (χ0n) is 9.36. The van der Waals surface area contributed by atoms with Crippen molar-refractivity contribution in [2.24, 2.45) is 7.05 Å². The van der Waals surface area contributed by atoms with Crippen molar-refractivity contribution in [1.82, 2.24) is 15.1 Å². The zero-order chi connectivity index (χ0) is 11.3. The highest BCUT2D eigenvalue weighted by atomic mass is 16.5. The molecule has 0 unspecified atom stereocenters. The molecule has 5 heteroatoms. The Hall–Kier alpha value is -1.36. The van der Waals surface area contributed by atoms with Crippen LogP contribution in [0.5, 0.6) is 0 Å². The van der Waals surface area contributed by atoms with Crippen molar-refractivity contribution < 1.29 is 9.53 Å². The number of carbonyl (C=O) groups excluding carboxylic acids is 1. The van der Waals surface area contributed by atoms with E-state index in [0.29, 0.717) is 0 Å². The summed E-state index contributed by atoms with van der Waals surface area (Å²) in [5.74, 6) is -0.281. The number of rotatable bonds is 5. The molecule has 0 radical (unpaired) electrons. The molecule has 0 aliphatic carbocycles. The summed E-state index contributed by atoms with van der Waals surface area (Å²) in [6, 6.07) is -0.413. The molecule has 0 aliphatic heterocycles. The van der Waals surface area contributed by atoms with E-state index in [1.807, 2.05) is 20.2 Å². The van der Waals surface area contributed by atoms with Crippen LogP contribution < -0.4 is 5.32 Å². The van der Waals surface area contributed by atoms with Gasteiger partial charge in [-0.25, -0.2) is 4.79 Å². The predicted octanol–water partition coefficient (Wildman–Crippen LogP) is 0.634. The van der Waals surface area contributed by atoms with Crippen LogP contribution in [0.4, 0.5) is 0 Å². The maximum atomic E-state index is 11.5. The third-order valence-electron chi connectivity index (χ3n) is 2.09. The van der Waals surface area contributed by atoms with Gasteiger partial charge >= 0.3 is 5.97 Å². The molecule has 0 bridgehead atoms. The standard InChI is InChI=1S/C10H17N3O2/c1-4-5-11-9(10(14)15-3)8-6-12-13(2)7-8/h6-7,9,11H,4-5H2,1-3H3/t9-/m0/s1. The van der Waals surface area contributed by atoms with Gasteiger partial charge in [-0.15, -0.1) is 0 Å². The van der Waals surface area contributed by atoms with Crippen LogP contribution in [0.15, 0.2) is 12.4 Å². The molecule has 0 spiro atoms. The highest BCUT2D eigenvalue weighted by Gasteiger charge is 2.21. The molecular weight excluding hydrogens is 194 g/mol. The summed E-state index contributed by atoms with van der Waals surface area (Å²) in [7, 11) is 3.21. The Balaban J connectivity index is 2.76. The second kappa shape index (κ2) is 5.50. The van der Waals surface area contributed by atoms with Crippen molar-refractivity contribution in [1.29, 1.82) is 0 Å². The van der Waals surface area contributed by atoms with E-state index in [1.165, 1.54) is 7.11 Å². The van der Waals surface area contributed by atoms with Crippen molar-refractivity contribution in [3.63, 3.8) is 0 Å². The molecule has 0 aliphatic rings. The third kappa shape index (κ3) is 3.06. The summed E-state index contributed by atoms with van der Waals surface area (Å²) in [6.07, 6.45) is 4.45. The number of hydrogen-bond acceptors (Lipinski definition) is 4. The van der Waals surface area contributed by atoms with E-state index in [-0.39, 0.29) is 5.97 Å². The van der Waals surface area contributed by atoms with Crippen molar-refractivity contribution in [2.45, 2.75) is 19.4 Å². The molecular formula is C10H17N3O2. The molecule has 0 aromatic carbocycles. The van der Waals surface area contributed by atoms with E-state index in [0.717, 1.165) is 18.5 Å². The van der Waals surface area contributed by atoms with Crippen molar-refractivity contribution >= 4 is 5.97 Å². The van der Waals surface area contributed by atoms with E-state index < -0.39 is 6.04 Å². The normalized spacial score (nSPS) is 12.5. The predicted molar refractivity (Wildman–Crippen MR) is 56.3 cm³/mol. The minimum absolute atomic E-state index is 0.281. The Kier molecular flexibility index (Phi) is 4.30. The molecule has 1 heterocycles. The van der Waals surface area contributed by atoms with Crippen LogP contribution in [0.2, 0.25) is 0 Å². The Bertz CT molecular complexity index is 322. The molecule has 1 rings (SSSR count). The summed E-state index contributed by atoms with van der Waals surface area (Å²) in [5, 5.41) is 7.15. The van der Waals surface area contributed by atoms with E-state index >= 15 is 0 Å². The number of nitrogens with one attached hydrogen (secondary N) is 1. The quantitative estimate of drug-likeness (QED) is 0.726. The van der Waals surface area contributed by atoms with E-state index in [9.17, 15) is 4.79 Å². The Labute approximate surface area is 89.4 Å². The van der Waals surface area contributed by atoms with Gasteiger partial charge in [0.1, 0.15) is 6.04 Å². The molecule has 0 amide bonds. The molecule has 84 valence electrons. The topological polar surface area (TPSA) is 56.1 Å². The summed E-state index contributed by atoms with van der Waals surface area (Å²) < 4.78 is 6.40. The number of aryl methyl sites for hydroxylation is 1. The first-order chi connectivity index (χ1) is 7.19. The van der Waals surface area contributed by atoms with Gasteiger partial charge in [0.15, 0.2) is 0 Å². The largest absolute Gasteiger partial charge is 0.468 e. The van der Waals surface area contributed by atoms with Crippen LogP contribution in [0.1, 0.15) is 24.9 Å². The Morgan fingerprint density at radius 3 is 2.93 bits per heavy atom. The lowest BCUT2D eigenvalue weighted by Crippen LogP contribution is -2.29. The van der Waals surface area contributed by atoms with Gasteiger partial charge in [0.2, 0.25) is 0 Å². The van der Waals surface area contributed by atoms with E-state index in [2.05, 4.69) is 10.4 Å². The van der Waals surface area contributed by atoms with E-state index in [1.54, 1.807) is 10.9 Å².